The number of piperidine rings is 1. The molecule has 0 aliphatic carbocycles. The lowest BCUT2D eigenvalue weighted by Crippen LogP contribution is -2.33. The third-order valence-electron chi connectivity index (χ3n) is 6.73. The number of hydrogen-bond donors (Lipinski definition) is 0. The molecule has 8 nitrogen and oxygen atoms in total. The molecule has 1 aliphatic heterocycles. The fourth-order valence-electron chi connectivity index (χ4n) is 4.65. The van der Waals surface area contributed by atoms with Crippen molar-refractivity contribution < 1.29 is 9.18 Å². The number of hydrogen-bond acceptors (Lipinski definition) is 6. The maximum Gasteiger partial charge on any atom is 0.281 e. The second-order valence-electron chi connectivity index (χ2n) is 9.43. The summed E-state index contributed by atoms with van der Waals surface area (Å²) in [7, 11) is 0. The first kappa shape index (κ1) is 24.5. The van der Waals surface area contributed by atoms with Crippen molar-refractivity contribution in [3.05, 3.63) is 94.8 Å². The van der Waals surface area contributed by atoms with Crippen LogP contribution in [0.3, 0.4) is 0 Å². The van der Waals surface area contributed by atoms with Crippen LogP contribution in [0.4, 0.5) is 16.0 Å². The number of carbonyl (C=O) groups excluding carboxylic acids is 1. The van der Waals surface area contributed by atoms with E-state index in [-0.39, 0.29) is 24.0 Å². The molecule has 37 heavy (non-hydrogen) atoms. The first-order valence-corrected chi connectivity index (χ1v) is 12.6. The molecular formula is C28H30FN7O. The molecule has 0 bridgehead atoms. The first-order valence-electron chi connectivity index (χ1n) is 12.6. The molecule has 0 spiro atoms. The predicted octanol–water partition coefficient (Wildman–Crippen LogP) is 4.71. The van der Waals surface area contributed by atoms with Gasteiger partial charge >= 0.3 is 0 Å². The molecule has 0 radical (unpaired) electrons. The van der Waals surface area contributed by atoms with Crippen LogP contribution >= 0.6 is 0 Å². The number of halogens is 1. The summed E-state index contributed by atoms with van der Waals surface area (Å²) in [4.78, 5) is 26.8. The molecule has 3 heterocycles. The number of benzene rings is 2. The van der Waals surface area contributed by atoms with Gasteiger partial charge in [0.25, 0.3) is 5.91 Å². The lowest BCUT2D eigenvalue weighted by molar-refractivity contribution is 0.0979. The topological polar surface area (TPSA) is 80.0 Å². The normalized spacial score (nSPS) is 13.5. The van der Waals surface area contributed by atoms with Gasteiger partial charge in [0, 0.05) is 36.7 Å². The molecule has 2 aromatic carbocycles. The van der Waals surface area contributed by atoms with E-state index in [9.17, 15) is 9.18 Å². The molecule has 1 amide bonds. The summed E-state index contributed by atoms with van der Waals surface area (Å²) in [5.74, 6) is 0.0402. The van der Waals surface area contributed by atoms with Crippen molar-refractivity contribution in [3.63, 3.8) is 0 Å². The number of carbonyl (C=O) groups is 1. The van der Waals surface area contributed by atoms with Crippen LogP contribution < -0.4 is 9.80 Å². The zero-order valence-electron chi connectivity index (χ0n) is 21.1. The minimum atomic E-state index is -0.354. The molecular weight excluding hydrogens is 469 g/mol. The molecule has 0 saturated carbocycles. The van der Waals surface area contributed by atoms with Crippen LogP contribution in [0.2, 0.25) is 0 Å². The number of nitrogens with zero attached hydrogens (tertiary/aromatic N) is 7. The van der Waals surface area contributed by atoms with Crippen molar-refractivity contribution in [1.29, 1.82) is 0 Å². The van der Waals surface area contributed by atoms with Crippen LogP contribution in [0, 0.1) is 19.7 Å². The van der Waals surface area contributed by atoms with Gasteiger partial charge in [0.2, 0.25) is 5.95 Å². The zero-order valence-corrected chi connectivity index (χ0v) is 21.1. The zero-order chi connectivity index (χ0) is 25.8. The Morgan fingerprint density at radius 3 is 2.41 bits per heavy atom. The van der Waals surface area contributed by atoms with E-state index in [1.54, 1.807) is 35.0 Å². The van der Waals surface area contributed by atoms with Gasteiger partial charge in [0.05, 0.1) is 18.8 Å². The lowest BCUT2D eigenvalue weighted by Gasteiger charge is -2.27. The highest BCUT2D eigenvalue weighted by Crippen LogP contribution is 2.26. The highest BCUT2D eigenvalue weighted by molar-refractivity contribution is 6.05. The molecule has 1 fully saturated rings. The average molecular weight is 500 g/mol. The fourth-order valence-corrected chi connectivity index (χ4v) is 4.65. The Balaban J connectivity index is 1.43. The van der Waals surface area contributed by atoms with Crippen LogP contribution in [-0.2, 0) is 13.1 Å². The van der Waals surface area contributed by atoms with E-state index < -0.39 is 0 Å². The molecule has 2 aromatic heterocycles. The van der Waals surface area contributed by atoms with E-state index in [0.717, 1.165) is 37.1 Å². The van der Waals surface area contributed by atoms with Gasteiger partial charge in [-0.3, -0.25) is 4.79 Å². The van der Waals surface area contributed by atoms with Crippen molar-refractivity contribution in [2.45, 2.75) is 46.2 Å². The largest absolute Gasteiger partial charge is 0.341 e. The van der Waals surface area contributed by atoms with E-state index >= 15 is 0 Å². The van der Waals surface area contributed by atoms with Gasteiger partial charge < -0.3 is 9.80 Å². The van der Waals surface area contributed by atoms with Gasteiger partial charge in [-0.15, -0.1) is 5.10 Å². The smallest absolute Gasteiger partial charge is 0.281 e. The van der Waals surface area contributed by atoms with E-state index in [4.69, 9.17) is 0 Å². The third kappa shape index (κ3) is 5.50. The predicted molar refractivity (Wildman–Crippen MR) is 140 cm³/mol. The summed E-state index contributed by atoms with van der Waals surface area (Å²) in [6, 6.07) is 14.3. The van der Waals surface area contributed by atoms with E-state index in [0.29, 0.717) is 29.4 Å². The highest BCUT2D eigenvalue weighted by atomic mass is 19.1. The van der Waals surface area contributed by atoms with Crippen molar-refractivity contribution in [2.24, 2.45) is 0 Å². The van der Waals surface area contributed by atoms with Crippen LogP contribution in [0.5, 0.6) is 0 Å². The standard InChI is InChI=1S/C28H30FN7O/c1-20-15-24(29)11-12-25(20)35(18-23-16-30-28(31-17-23)34-13-7-4-8-14-34)27(37)26-21(2)36(33-32-26)19-22-9-5-3-6-10-22/h3,5-6,9-12,15-17H,4,7-8,13-14,18-19H2,1-2H3. The highest BCUT2D eigenvalue weighted by Gasteiger charge is 2.26. The van der Waals surface area contributed by atoms with Gasteiger partial charge in [-0.2, -0.15) is 0 Å². The Morgan fingerprint density at radius 1 is 0.973 bits per heavy atom. The molecule has 0 atom stereocenters. The second-order valence-corrected chi connectivity index (χ2v) is 9.43. The van der Waals surface area contributed by atoms with Crippen LogP contribution in [0.15, 0.2) is 60.9 Å². The summed E-state index contributed by atoms with van der Waals surface area (Å²) in [6.07, 6.45) is 7.03. The third-order valence-corrected chi connectivity index (χ3v) is 6.73. The Bertz CT molecular complexity index is 1370. The van der Waals surface area contributed by atoms with Crippen molar-refractivity contribution >= 4 is 17.5 Å². The van der Waals surface area contributed by atoms with Gasteiger partial charge in [-0.1, -0.05) is 35.5 Å². The van der Waals surface area contributed by atoms with Crippen LogP contribution in [0.1, 0.15) is 52.1 Å². The number of aromatic nitrogens is 5. The summed E-state index contributed by atoms with van der Waals surface area (Å²) in [5.41, 5.74) is 4.00. The SMILES string of the molecule is Cc1cc(F)ccc1N(Cc1cnc(N2CCCCC2)nc1)C(=O)c1nnn(Cc2ccccc2)c1C. The van der Waals surface area contributed by atoms with Gasteiger partial charge in [0.1, 0.15) is 5.82 Å². The van der Waals surface area contributed by atoms with Crippen molar-refractivity contribution in [1.82, 2.24) is 25.0 Å². The van der Waals surface area contributed by atoms with Gasteiger partial charge in [-0.05, 0) is 62.4 Å². The molecule has 0 unspecified atom stereocenters. The minimum Gasteiger partial charge on any atom is -0.341 e. The monoisotopic (exact) mass is 499 g/mol. The van der Waals surface area contributed by atoms with Gasteiger partial charge in [-0.25, -0.2) is 19.0 Å². The Hall–Kier alpha value is -4.14. The number of rotatable bonds is 7. The fraction of sp³-hybridized carbons (Fsp3) is 0.321. The number of aryl methyl sites for hydroxylation is 1. The molecule has 1 aliphatic rings. The minimum absolute atomic E-state index is 0.219. The summed E-state index contributed by atoms with van der Waals surface area (Å²) < 4.78 is 15.6. The molecule has 0 N–H and O–H groups in total. The van der Waals surface area contributed by atoms with E-state index in [1.807, 2.05) is 37.3 Å². The molecule has 9 heteroatoms. The lowest BCUT2D eigenvalue weighted by atomic mass is 10.1. The van der Waals surface area contributed by atoms with Crippen molar-refractivity contribution in [2.75, 3.05) is 22.9 Å². The number of amides is 1. The summed E-state index contributed by atoms with van der Waals surface area (Å²) >= 11 is 0. The first-order chi connectivity index (χ1) is 18.0. The Morgan fingerprint density at radius 2 is 1.70 bits per heavy atom. The van der Waals surface area contributed by atoms with Crippen LogP contribution in [-0.4, -0.2) is 44.0 Å². The average Bonchev–Trinajstić information content (AvgIpc) is 3.28. The summed E-state index contributed by atoms with van der Waals surface area (Å²) in [5, 5.41) is 8.48. The quantitative estimate of drug-likeness (QED) is 0.366. The van der Waals surface area contributed by atoms with E-state index in [1.165, 1.54) is 18.6 Å². The maximum atomic E-state index is 13.9. The molecule has 1 saturated heterocycles. The molecule has 5 rings (SSSR count). The van der Waals surface area contributed by atoms with Crippen LogP contribution in [0.25, 0.3) is 0 Å². The second kappa shape index (κ2) is 10.9. The van der Waals surface area contributed by atoms with Gasteiger partial charge in [0.15, 0.2) is 5.69 Å². The molecule has 4 aromatic rings. The number of anilines is 2. The maximum absolute atomic E-state index is 13.9. The van der Waals surface area contributed by atoms with Crippen molar-refractivity contribution in [3.8, 4) is 0 Å². The Kier molecular flexibility index (Phi) is 7.20. The summed E-state index contributed by atoms with van der Waals surface area (Å²) in [6.45, 7) is 6.26. The Labute approximate surface area is 215 Å². The molecule has 190 valence electrons. The van der Waals surface area contributed by atoms with E-state index in [2.05, 4.69) is 25.2 Å².